The van der Waals surface area contributed by atoms with E-state index in [1.54, 1.807) is 0 Å². The average molecular weight is 255 g/mol. The Morgan fingerprint density at radius 1 is 1.22 bits per heavy atom. The molecule has 1 fully saturated rings. The Hall–Kier alpha value is -0.0800. The van der Waals surface area contributed by atoms with Crippen LogP contribution < -0.4 is 5.32 Å². The first kappa shape index (κ1) is 16.0. The molecule has 1 N–H and O–H groups in total. The molecule has 1 saturated carbocycles. The number of methoxy groups -OCH3 is 1. The maximum Gasteiger partial charge on any atom is 0.0488 e. The third kappa shape index (κ3) is 4.89. The van der Waals surface area contributed by atoms with Crippen LogP contribution in [0.5, 0.6) is 0 Å². The van der Waals surface area contributed by atoms with Crippen LogP contribution in [0.2, 0.25) is 0 Å². The molecule has 0 aromatic heterocycles. The van der Waals surface area contributed by atoms with Crippen molar-refractivity contribution >= 4 is 0 Å². The molecule has 0 aromatic carbocycles. The van der Waals surface area contributed by atoms with E-state index in [1.807, 2.05) is 7.11 Å². The normalized spacial score (nSPS) is 32.2. The molecule has 5 unspecified atom stereocenters. The summed E-state index contributed by atoms with van der Waals surface area (Å²) in [5.41, 5.74) is 0. The molecule has 108 valence electrons. The predicted octanol–water partition coefficient (Wildman–Crippen LogP) is 3.71. The van der Waals surface area contributed by atoms with Crippen molar-refractivity contribution in [3.05, 3.63) is 0 Å². The smallest absolute Gasteiger partial charge is 0.0488 e. The van der Waals surface area contributed by atoms with Gasteiger partial charge in [-0.05, 0) is 49.5 Å². The number of rotatable bonds is 7. The predicted molar refractivity (Wildman–Crippen MR) is 78.8 cm³/mol. The molecule has 5 atom stereocenters. The minimum absolute atomic E-state index is 0.661. The van der Waals surface area contributed by atoms with Crippen molar-refractivity contribution in [2.24, 2.45) is 23.7 Å². The zero-order chi connectivity index (χ0) is 13.5. The summed E-state index contributed by atoms with van der Waals surface area (Å²) in [7, 11) is 1.81. The first-order valence-corrected chi connectivity index (χ1v) is 7.80. The van der Waals surface area contributed by atoms with E-state index in [0.29, 0.717) is 12.0 Å². The van der Waals surface area contributed by atoms with Gasteiger partial charge in [0.1, 0.15) is 0 Å². The fourth-order valence-corrected chi connectivity index (χ4v) is 3.45. The molecule has 0 radical (unpaired) electrons. The second kappa shape index (κ2) is 8.16. The van der Waals surface area contributed by atoms with E-state index in [9.17, 15) is 0 Å². The van der Waals surface area contributed by atoms with Crippen molar-refractivity contribution in [1.29, 1.82) is 0 Å². The van der Waals surface area contributed by atoms with Crippen LogP contribution in [0, 0.1) is 23.7 Å². The Bertz CT molecular complexity index is 219. The Morgan fingerprint density at radius 3 is 2.50 bits per heavy atom. The van der Waals surface area contributed by atoms with Gasteiger partial charge in [-0.1, -0.05) is 34.1 Å². The van der Waals surface area contributed by atoms with Crippen LogP contribution >= 0.6 is 0 Å². The van der Waals surface area contributed by atoms with E-state index < -0.39 is 0 Å². The fraction of sp³-hybridized carbons (Fsp3) is 1.00. The Labute approximate surface area is 114 Å². The molecule has 1 aliphatic rings. The highest BCUT2D eigenvalue weighted by Crippen LogP contribution is 2.36. The zero-order valence-electron chi connectivity index (χ0n) is 13.0. The van der Waals surface area contributed by atoms with Gasteiger partial charge in [0.05, 0.1) is 0 Å². The summed E-state index contributed by atoms with van der Waals surface area (Å²) in [4.78, 5) is 0. The monoisotopic (exact) mass is 255 g/mol. The molecule has 2 nitrogen and oxygen atoms in total. The summed E-state index contributed by atoms with van der Waals surface area (Å²) in [6.45, 7) is 11.4. The van der Waals surface area contributed by atoms with Gasteiger partial charge in [0, 0.05) is 19.8 Å². The molecule has 0 heterocycles. The quantitative estimate of drug-likeness (QED) is 0.749. The molecule has 1 rings (SSSR count). The molecule has 0 saturated heterocycles. The molecule has 0 amide bonds. The van der Waals surface area contributed by atoms with Crippen molar-refractivity contribution in [2.45, 2.75) is 59.4 Å². The van der Waals surface area contributed by atoms with Crippen molar-refractivity contribution in [2.75, 3.05) is 20.3 Å². The second-order valence-electron chi connectivity index (χ2n) is 6.49. The third-order valence-corrected chi connectivity index (χ3v) is 4.78. The van der Waals surface area contributed by atoms with E-state index in [4.69, 9.17) is 4.74 Å². The van der Waals surface area contributed by atoms with Crippen molar-refractivity contribution < 1.29 is 4.74 Å². The molecular weight excluding hydrogens is 222 g/mol. The van der Waals surface area contributed by atoms with Crippen LogP contribution in [0.3, 0.4) is 0 Å². The van der Waals surface area contributed by atoms with Crippen molar-refractivity contribution in [3.63, 3.8) is 0 Å². The lowest BCUT2D eigenvalue weighted by Crippen LogP contribution is -2.41. The lowest BCUT2D eigenvalue weighted by molar-refractivity contribution is 0.122. The Balaban J connectivity index is 2.50. The van der Waals surface area contributed by atoms with Crippen molar-refractivity contribution in [1.82, 2.24) is 5.32 Å². The highest BCUT2D eigenvalue weighted by molar-refractivity contribution is 4.84. The Morgan fingerprint density at radius 2 is 1.94 bits per heavy atom. The largest absolute Gasteiger partial charge is 0.384 e. The fourth-order valence-electron chi connectivity index (χ4n) is 3.45. The van der Waals surface area contributed by atoms with Gasteiger partial charge >= 0.3 is 0 Å². The first-order valence-electron chi connectivity index (χ1n) is 7.80. The third-order valence-electron chi connectivity index (χ3n) is 4.78. The molecule has 18 heavy (non-hydrogen) atoms. The molecule has 0 aliphatic heterocycles. The van der Waals surface area contributed by atoms with Gasteiger partial charge in [-0.25, -0.2) is 0 Å². The average Bonchev–Trinajstić information content (AvgIpc) is 2.32. The van der Waals surface area contributed by atoms with Crippen LogP contribution in [0.4, 0.5) is 0 Å². The minimum Gasteiger partial charge on any atom is -0.384 e. The highest BCUT2D eigenvalue weighted by atomic mass is 16.5. The molecule has 0 spiro atoms. The molecule has 2 heteroatoms. The lowest BCUT2D eigenvalue weighted by Gasteiger charge is -2.38. The summed E-state index contributed by atoms with van der Waals surface area (Å²) in [5.74, 6) is 3.34. The number of hydrogen-bond donors (Lipinski definition) is 1. The van der Waals surface area contributed by atoms with Crippen LogP contribution in [0.25, 0.3) is 0 Å². The van der Waals surface area contributed by atoms with Crippen LogP contribution in [0.15, 0.2) is 0 Å². The topological polar surface area (TPSA) is 21.3 Å². The van der Waals surface area contributed by atoms with Crippen LogP contribution in [0.1, 0.15) is 53.4 Å². The highest BCUT2D eigenvalue weighted by Gasteiger charge is 2.30. The summed E-state index contributed by atoms with van der Waals surface area (Å²) < 4.78 is 5.28. The zero-order valence-corrected chi connectivity index (χ0v) is 13.0. The summed E-state index contributed by atoms with van der Waals surface area (Å²) in [5, 5.41) is 3.72. The number of nitrogens with one attached hydrogen (secondary N) is 1. The van der Waals surface area contributed by atoms with E-state index >= 15 is 0 Å². The summed E-state index contributed by atoms with van der Waals surface area (Å²) >= 11 is 0. The second-order valence-corrected chi connectivity index (χ2v) is 6.49. The van der Waals surface area contributed by atoms with Gasteiger partial charge in [-0.15, -0.1) is 0 Å². The van der Waals surface area contributed by atoms with E-state index in [2.05, 4.69) is 33.0 Å². The maximum absolute atomic E-state index is 5.28. The lowest BCUT2D eigenvalue weighted by atomic mass is 9.72. The first-order chi connectivity index (χ1) is 8.58. The van der Waals surface area contributed by atoms with Gasteiger partial charge < -0.3 is 10.1 Å². The molecule has 0 aromatic rings. The van der Waals surface area contributed by atoms with Gasteiger partial charge in [-0.2, -0.15) is 0 Å². The molecule has 0 bridgehead atoms. The van der Waals surface area contributed by atoms with Gasteiger partial charge in [0.15, 0.2) is 0 Å². The van der Waals surface area contributed by atoms with Gasteiger partial charge in [-0.3, -0.25) is 0 Å². The van der Waals surface area contributed by atoms with Crippen LogP contribution in [-0.2, 0) is 4.74 Å². The number of hydrogen-bond acceptors (Lipinski definition) is 2. The minimum atomic E-state index is 0.661. The maximum atomic E-state index is 5.28. The summed E-state index contributed by atoms with van der Waals surface area (Å²) in [6, 6.07) is 0.690. The van der Waals surface area contributed by atoms with Gasteiger partial charge in [0.25, 0.3) is 0 Å². The molecule has 1 aliphatic carbocycles. The molecular formula is C16H33NO. The van der Waals surface area contributed by atoms with E-state index in [1.165, 1.54) is 25.7 Å². The number of ether oxygens (including phenoxy) is 1. The standard InChI is InChI=1S/C16H33NO/c1-6-17-16(9-12(2)11-18-5)15-8-7-13(3)14(4)10-15/h12-17H,6-11H2,1-5H3. The van der Waals surface area contributed by atoms with E-state index in [-0.39, 0.29) is 0 Å². The summed E-state index contributed by atoms with van der Waals surface area (Å²) in [6.07, 6.45) is 5.47. The Kier molecular flexibility index (Phi) is 7.25. The van der Waals surface area contributed by atoms with Gasteiger partial charge in [0.2, 0.25) is 0 Å². The van der Waals surface area contributed by atoms with E-state index in [0.717, 1.165) is 30.9 Å². The van der Waals surface area contributed by atoms with Crippen molar-refractivity contribution in [3.8, 4) is 0 Å². The SMILES string of the molecule is CCNC(CC(C)COC)C1CCC(C)C(C)C1. The van der Waals surface area contributed by atoms with Crippen LogP contribution in [-0.4, -0.2) is 26.3 Å².